The average Bonchev–Trinajstić information content (AvgIpc) is 3.19. The lowest BCUT2D eigenvalue weighted by Crippen LogP contribution is -2.10. The Morgan fingerprint density at radius 1 is 1.12 bits per heavy atom. The van der Waals surface area contributed by atoms with Gasteiger partial charge in [-0.25, -0.2) is 0 Å². The number of aliphatic hydroxyl groups excluding tert-OH is 2. The van der Waals surface area contributed by atoms with Gasteiger partial charge in [0.1, 0.15) is 11.9 Å². The molecule has 3 aliphatic carbocycles. The van der Waals surface area contributed by atoms with E-state index in [1.165, 1.54) is 0 Å². The normalized spacial score (nSPS) is 39.5. The quantitative estimate of drug-likeness (QED) is 0.728. The molecule has 2 nitrogen and oxygen atoms in total. The molecule has 3 rings (SSSR count). The van der Waals surface area contributed by atoms with Gasteiger partial charge in [0, 0.05) is 11.0 Å². The Bertz CT molecular complexity index is 378. The Labute approximate surface area is 104 Å². The molecule has 0 saturated heterocycles. The van der Waals surface area contributed by atoms with Gasteiger partial charge >= 0.3 is 0 Å². The van der Waals surface area contributed by atoms with Gasteiger partial charge in [-0.05, 0) is 11.8 Å². The first-order valence-electron chi connectivity index (χ1n) is 6.59. The summed E-state index contributed by atoms with van der Waals surface area (Å²) in [4.78, 5) is 0. The standard InChI is InChI=1S/C11H12O2.2C2H6/c1-10-4-2-3-5-11(10,6-10)7-8(12)9(7)13;2*1-2/h2-5,8,12-13H,6H2,1H3;2*1-2H3. The minimum Gasteiger partial charge on any atom is -0.509 e. The predicted molar refractivity (Wildman–Crippen MR) is 71.8 cm³/mol. The van der Waals surface area contributed by atoms with E-state index in [0.717, 1.165) is 12.0 Å². The van der Waals surface area contributed by atoms with Crippen molar-refractivity contribution in [3.05, 3.63) is 35.6 Å². The van der Waals surface area contributed by atoms with Crippen LogP contribution in [0, 0.1) is 10.8 Å². The molecular weight excluding hydrogens is 212 g/mol. The molecule has 3 aliphatic rings. The highest BCUT2D eigenvalue weighted by atomic mass is 16.3. The first kappa shape index (κ1) is 14.0. The molecule has 1 saturated carbocycles. The summed E-state index contributed by atoms with van der Waals surface area (Å²) in [5.41, 5.74) is 0.934. The maximum atomic E-state index is 9.37. The zero-order valence-corrected chi connectivity index (χ0v) is 11.5. The van der Waals surface area contributed by atoms with Gasteiger partial charge in [0.25, 0.3) is 0 Å². The van der Waals surface area contributed by atoms with Crippen molar-refractivity contribution in [2.75, 3.05) is 0 Å². The van der Waals surface area contributed by atoms with Crippen LogP contribution in [0.1, 0.15) is 41.0 Å². The summed E-state index contributed by atoms with van der Waals surface area (Å²) in [7, 11) is 0. The van der Waals surface area contributed by atoms with E-state index >= 15 is 0 Å². The summed E-state index contributed by atoms with van der Waals surface area (Å²) in [5, 5.41) is 18.7. The Balaban J connectivity index is 0.000000330. The smallest absolute Gasteiger partial charge is 0.136 e. The third-order valence-electron chi connectivity index (χ3n) is 3.70. The van der Waals surface area contributed by atoms with Crippen molar-refractivity contribution in [3.63, 3.8) is 0 Å². The predicted octanol–water partition coefficient (Wildman–Crippen LogP) is 3.75. The first-order chi connectivity index (χ1) is 8.11. The van der Waals surface area contributed by atoms with Gasteiger partial charge < -0.3 is 10.2 Å². The molecule has 0 amide bonds. The van der Waals surface area contributed by atoms with Crippen LogP contribution in [0.4, 0.5) is 0 Å². The summed E-state index contributed by atoms with van der Waals surface area (Å²) >= 11 is 0. The molecule has 1 fully saturated rings. The van der Waals surface area contributed by atoms with Crippen LogP contribution in [0.2, 0.25) is 0 Å². The minimum atomic E-state index is -0.655. The maximum Gasteiger partial charge on any atom is 0.136 e. The number of fused-ring (bicyclic) bond motifs is 1. The SMILES string of the molecule is CC.CC.CC12C=CC=CC1(C1=C(O)C1O)C2. The van der Waals surface area contributed by atoms with Gasteiger partial charge in [-0.2, -0.15) is 0 Å². The molecule has 3 unspecified atom stereocenters. The molecular formula is C15H24O2. The van der Waals surface area contributed by atoms with Crippen molar-refractivity contribution in [2.45, 2.75) is 47.1 Å². The van der Waals surface area contributed by atoms with Crippen LogP contribution in [0.3, 0.4) is 0 Å². The zero-order valence-electron chi connectivity index (χ0n) is 11.5. The van der Waals surface area contributed by atoms with Crippen LogP contribution in [0.25, 0.3) is 0 Å². The fourth-order valence-electron chi connectivity index (χ4n) is 2.64. The van der Waals surface area contributed by atoms with Gasteiger partial charge in [0.2, 0.25) is 0 Å². The minimum absolute atomic E-state index is 0.0503. The van der Waals surface area contributed by atoms with Crippen LogP contribution >= 0.6 is 0 Å². The third kappa shape index (κ3) is 1.85. The second-order valence-corrected chi connectivity index (χ2v) is 4.49. The summed E-state index contributed by atoms with van der Waals surface area (Å²) in [6.45, 7) is 10.2. The molecule has 96 valence electrons. The second kappa shape index (κ2) is 4.69. The van der Waals surface area contributed by atoms with Crippen LogP contribution in [-0.4, -0.2) is 16.3 Å². The van der Waals surface area contributed by atoms with Crippen molar-refractivity contribution < 1.29 is 10.2 Å². The lowest BCUT2D eigenvalue weighted by Gasteiger charge is -2.16. The lowest BCUT2D eigenvalue weighted by atomic mass is 9.87. The number of rotatable bonds is 1. The van der Waals surface area contributed by atoms with Crippen LogP contribution in [0.5, 0.6) is 0 Å². The molecule has 2 N–H and O–H groups in total. The summed E-state index contributed by atoms with van der Waals surface area (Å²) in [5.74, 6) is 0.198. The van der Waals surface area contributed by atoms with E-state index in [-0.39, 0.29) is 16.6 Å². The van der Waals surface area contributed by atoms with Gasteiger partial charge in [-0.3, -0.25) is 0 Å². The molecule has 0 aromatic rings. The summed E-state index contributed by atoms with van der Waals surface area (Å²) in [6.07, 6.45) is 8.67. The Kier molecular flexibility index (Phi) is 3.88. The monoisotopic (exact) mass is 236 g/mol. The van der Waals surface area contributed by atoms with Crippen molar-refractivity contribution in [1.29, 1.82) is 0 Å². The van der Waals surface area contributed by atoms with Crippen molar-refractivity contribution in [3.8, 4) is 0 Å². The Hall–Kier alpha value is -1.02. The fraction of sp³-hybridized carbons (Fsp3) is 0.600. The maximum absolute atomic E-state index is 9.37. The Morgan fingerprint density at radius 3 is 2.00 bits per heavy atom. The zero-order chi connectivity index (χ0) is 13.3. The van der Waals surface area contributed by atoms with Crippen LogP contribution in [-0.2, 0) is 0 Å². The van der Waals surface area contributed by atoms with Crippen LogP contribution in [0.15, 0.2) is 35.6 Å². The fourth-order valence-corrected chi connectivity index (χ4v) is 2.64. The second-order valence-electron chi connectivity index (χ2n) is 4.49. The van der Waals surface area contributed by atoms with Gasteiger partial charge in [-0.15, -0.1) is 0 Å². The number of allylic oxidation sites excluding steroid dienone is 4. The molecule has 3 atom stereocenters. The molecule has 0 radical (unpaired) electrons. The van der Waals surface area contributed by atoms with Crippen LogP contribution < -0.4 is 0 Å². The number of hydrogen-bond donors (Lipinski definition) is 2. The van der Waals surface area contributed by atoms with E-state index in [2.05, 4.69) is 19.1 Å². The van der Waals surface area contributed by atoms with E-state index < -0.39 is 6.10 Å². The first-order valence-corrected chi connectivity index (χ1v) is 6.59. The highest BCUT2D eigenvalue weighted by Crippen LogP contribution is 2.74. The largest absolute Gasteiger partial charge is 0.509 e. The summed E-state index contributed by atoms with van der Waals surface area (Å²) < 4.78 is 0. The molecule has 0 aromatic carbocycles. The van der Waals surface area contributed by atoms with Gasteiger partial charge in [-0.1, -0.05) is 58.9 Å². The number of hydrogen-bond acceptors (Lipinski definition) is 2. The van der Waals surface area contributed by atoms with Gasteiger partial charge in [0.05, 0.1) is 0 Å². The third-order valence-corrected chi connectivity index (χ3v) is 3.70. The molecule has 17 heavy (non-hydrogen) atoms. The molecule has 0 aromatic heterocycles. The van der Waals surface area contributed by atoms with E-state index in [9.17, 15) is 10.2 Å². The number of aliphatic hydroxyl groups is 2. The highest BCUT2D eigenvalue weighted by molar-refractivity contribution is 5.56. The molecule has 2 heteroatoms. The molecule has 0 heterocycles. The van der Waals surface area contributed by atoms with Crippen molar-refractivity contribution >= 4 is 0 Å². The Morgan fingerprint density at radius 2 is 1.59 bits per heavy atom. The average molecular weight is 236 g/mol. The lowest BCUT2D eigenvalue weighted by molar-refractivity contribution is 0.238. The molecule has 0 spiro atoms. The van der Waals surface area contributed by atoms with E-state index in [0.29, 0.717) is 0 Å². The topological polar surface area (TPSA) is 40.5 Å². The summed E-state index contributed by atoms with van der Waals surface area (Å²) in [6, 6.07) is 0. The van der Waals surface area contributed by atoms with Crippen molar-refractivity contribution in [1.82, 2.24) is 0 Å². The molecule has 0 aliphatic heterocycles. The van der Waals surface area contributed by atoms with Crippen molar-refractivity contribution in [2.24, 2.45) is 10.8 Å². The molecule has 0 bridgehead atoms. The highest BCUT2D eigenvalue weighted by Gasteiger charge is 2.69. The van der Waals surface area contributed by atoms with E-state index in [1.54, 1.807) is 0 Å². The van der Waals surface area contributed by atoms with Gasteiger partial charge in [0.15, 0.2) is 0 Å². The van der Waals surface area contributed by atoms with E-state index in [1.807, 2.05) is 39.8 Å². The van der Waals surface area contributed by atoms with E-state index in [4.69, 9.17) is 0 Å².